The van der Waals surface area contributed by atoms with Gasteiger partial charge in [0.15, 0.2) is 12.5 Å². The highest BCUT2D eigenvalue weighted by atomic mass is 32.2. The molecule has 4 N–H and O–H groups in total. The predicted molar refractivity (Wildman–Crippen MR) is 123 cm³/mol. The molecule has 0 atom stereocenters. The number of aromatic nitrogens is 1. The number of hydrogen-bond acceptors (Lipinski definition) is 8. The Balaban J connectivity index is 1.51. The number of carbonyl (C=O) groups excluding carboxylic acids is 2. The summed E-state index contributed by atoms with van der Waals surface area (Å²) in [7, 11) is 0. The van der Waals surface area contributed by atoms with Gasteiger partial charge in [-0.15, -0.1) is 11.8 Å². The maximum absolute atomic E-state index is 12.6. The average Bonchev–Trinajstić information content (AvgIpc) is 2.82. The van der Waals surface area contributed by atoms with Crippen molar-refractivity contribution in [2.75, 3.05) is 31.9 Å². The molecule has 0 spiro atoms. The van der Waals surface area contributed by atoms with Crippen molar-refractivity contribution < 1.29 is 22.8 Å². The number of nitrogens with one attached hydrogen (secondary N) is 4. The zero-order valence-electron chi connectivity index (χ0n) is 18.6. The Morgan fingerprint density at radius 3 is 2.59 bits per heavy atom. The molecule has 13 heteroatoms. The second-order valence-corrected chi connectivity index (χ2v) is 8.37. The fraction of sp³-hybridized carbons (Fsp3) is 0.381. The van der Waals surface area contributed by atoms with Crippen LogP contribution >= 0.6 is 11.8 Å². The molecule has 0 saturated carbocycles. The lowest BCUT2D eigenvalue weighted by atomic mass is 10.2. The van der Waals surface area contributed by atoms with Gasteiger partial charge in [0.2, 0.25) is 0 Å². The van der Waals surface area contributed by atoms with Gasteiger partial charge in [0.25, 0.3) is 11.8 Å². The molecule has 183 valence electrons. The van der Waals surface area contributed by atoms with E-state index < -0.39 is 17.6 Å². The lowest BCUT2D eigenvalue weighted by Crippen LogP contribution is -2.41. The lowest BCUT2D eigenvalue weighted by Gasteiger charge is -2.31. The van der Waals surface area contributed by atoms with Crippen LogP contribution in [0.4, 0.5) is 13.2 Å². The number of pyridine rings is 1. The Morgan fingerprint density at radius 1 is 1.21 bits per heavy atom. The summed E-state index contributed by atoms with van der Waals surface area (Å²) in [6.45, 7) is 7.18. The number of amides is 2. The number of allylic oxidation sites excluding steroid dienone is 1. The first kappa shape index (κ1) is 25.4. The highest BCUT2D eigenvalue weighted by molar-refractivity contribution is 8.04. The Bertz CT molecular complexity index is 1010. The van der Waals surface area contributed by atoms with Gasteiger partial charge in [-0.3, -0.25) is 14.6 Å². The number of alkyl halides is 3. The van der Waals surface area contributed by atoms with Gasteiger partial charge in [0.1, 0.15) is 5.69 Å². The molecule has 0 bridgehead atoms. The van der Waals surface area contributed by atoms with Crippen LogP contribution < -0.4 is 21.3 Å². The third kappa shape index (κ3) is 6.43. The van der Waals surface area contributed by atoms with Crippen LogP contribution in [-0.2, 0) is 11.0 Å². The van der Waals surface area contributed by atoms with Crippen molar-refractivity contribution in [1.82, 2.24) is 31.2 Å². The van der Waals surface area contributed by atoms with Gasteiger partial charge in [0, 0.05) is 50.0 Å². The molecule has 1 radical (unpaired) electrons. The summed E-state index contributed by atoms with van der Waals surface area (Å²) >= 11 is 1.42. The Morgan fingerprint density at radius 2 is 1.94 bits per heavy atom. The molecular weight excluding hydrogens is 471 g/mol. The predicted octanol–water partition coefficient (Wildman–Crippen LogP) is 1.80. The molecular formula is C21H25F3N7O2S. The summed E-state index contributed by atoms with van der Waals surface area (Å²) in [5, 5.41) is 11.6. The first-order valence-electron chi connectivity index (χ1n) is 10.5. The van der Waals surface area contributed by atoms with Crippen LogP contribution in [0, 0.1) is 6.67 Å². The molecule has 2 aliphatic heterocycles. The summed E-state index contributed by atoms with van der Waals surface area (Å²) in [6, 6.07) is 1.80. The van der Waals surface area contributed by atoms with Crippen molar-refractivity contribution in [3.8, 4) is 0 Å². The second kappa shape index (κ2) is 11.3. The highest BCUT2D eigenvalue weighted by Crippen LogP contribution is 2.28. The first-order chi connectivity index (χ1) is 16.2. The van der Waals surface area contributed by atoms with Gasteiger partial charge >= 0.3 is 6.18 Å². The van der Waals surface area contributed by atoms with Crippen molar-refractivity contribution >= 4 is 29.4 Å². The molecule has 0 fully saturated rings. The number of rotatable bonds is 7. The minimum Gasteiger partial charge on any atom is -0.381 e. The monoisotopic (exact) mass is 496 g/mol. The molecule has 3 heterocycles. The molecule has 2 amide bonds. The molecule has 0 aromatic carbocycles. The number of carbonyl (C=O) groups is 2. The van der Waals surface area contributed by atoms with Crippen LogP contribution in [0.2, 0.25) is 0 Å². The van der Waals surface area contributed by atoms with E-state index in [1.54, 1.807) is 12.9 Å². The van der Waals surface area contributed by atoms with Crippen LogP contribution in [0.1, 0.15) is 29.9 Å². The molecule has 0 saturated heterocycles. The number of aliphatic imine (C=N–C) groups is 1. The lowest BCUT2D eigenvalue weighted by molar-refractivity contribution is -0.137. The normalized spacial score (nSPS) is 16.3. The Hall–Kier alpha value is -3.22. The highest BCUT2D eigenvalue weighted by Gasteiger charge is 2.31. The van der Waals surface area contributed by atoms with E-state index in [1.165, 1.54) is 11.8 Å². The van der Waals surface area contributed by atoms with E-state index in [-0.39, 0.29) is 24.7 Å². The van der Waals surface area contributed by atoms with E-state index >= 15 is 0 Å². The van der Waals surface area contributed by atoms with Gasteiger partial charge in [-0.2, -0.15) is 13.2 Å². The van der Waals surface area contributed by atoms with E-state index in [1.807, 2.05) is 18.7 Å². The summed E-state index contributed by atoms with van der Waals surface area (Å²) < 4.78 is 37.8. The zero-order valence-corrected chi connectivity index (χ0v) is 19.4. The second-order valence-electron chi connectivity index (χ2n) is 7.23. The van der Waals surface area contributed by atoms with Crippen molar-refractivity contribution in [1.29, 1.82) is 0 Å². The van der Waals surface area contributed by atoms with Crippen molar-refractivity contribution in [3.05, 3.63) is 58.8 Å². The van der Waals surface area contributed by atoms with E-state index in [9.17, 15) is 22.8 Å². The van der Waals surface area contributed by atoms with Crippen LogP contribution in [-0.4, -0.2) is 59.5 Å². The van der Waals surface area contributed by atoms with Crippen molar-refractivity contribution in [2.24, 2.45) is 4.99 Å². The summed E-state index contributed by atoms with van der Waals surface area (Å²) in [5.41, 5.74) is 0.732. The van der Waals surface area contributed by atoms with Gasteiger partial charge < -0.3 is 26.2 Å². The van der Waals surface area contributed by atoms with E-state index in [4.69, 9.17) is 0 Å². The maximum Gasteiger partial charge on any atom is 0.417 e. The molecule has 1 aromatic rings. The number of hydrogen-bond donors (Lipinski definition) is 4. The number of amidine groups is 1. The minimum atomic E-state index is -4.52. The Kier molecular flexibility index (Phi) is 8.42. The van der Waals surface area contributed by atoms with E-state index in [0.717, 1.165) is 35.9 Å². The fourth-order valence-electron chi connectivity index (χ4n) is 3.11. The van der Waals surface area contributed by atoms with Gasteiger partial charge in [-0.25, -0.2) is 4.99 Å². The Labute approximate surface area is 199 Å². The number of thioether (sulfide) groups is 1. The molecule has 2 aliphatic rings. The number of nitrogens with zero attached hydrogens (tertiary/aromatic N) is 3. The largest absolute Gasteiger partial charge is 0.417 e. The molecule has 3 rings (SSSR count). The minimum absolute atomic E-state index is 0.0920. The molecule has 0 aliphatic carbocycles. The summed E-state index contributed by atoms with van der Waals surface area (Å²) in [6.07, 6.45) is -2.16. The quantitative estimate of drug-likeness (QED) is 0.426. The summed E-state index contributed by atoms with van der Waals surface area (Å²) in [5.74, 6) is 0.500. The topological polar surface area (TPSA) is 111 Å². The van der Waals surface area contributed by atoms with Gasteiger partial charge in [-0.05, 0) is 26.0 Å². The van der Waals surface area contributed by atoms with E-state index in [0.29, 0.717) is 23.4 Å². The van der Waals surface area contributed by atoms with Crippen molar-refractivity contribution in [2.45, 2.75) is 20.0 Å². The maximum atomic E-state index is 12.6. The van der Waals surface area contributed by atoms with Crippen molar-refractivity contribution in [3.63, 3.8) is 0 Å². The molecule has 1 aromatic heterocycles. The SMILES string of the molecule is CCNC1=C(C)N[CH]N=C1N1C=C(C(=O)NCCNC(=O)c2ccc(C(F)(F)F)cn2)SCC1. The zero-order chi connectivity index (χ0) is 24.7. The fourth-order valence-corrected chi connectivity index (χ4v) is 4.03. The van der Waals surface area contributed by atoms with E-state index in [2.05, 4.69) is 31.2 Å². The number of halogens is 3. The molecule has 34 heavy (non-hydrogen) atoms. The smallest absolute Gasteiger partial charge is 0.381 e. The third-order valence-electron chi connectivity index (χ3n) is 4.80. The first-order valence-corrected chi connectivity index (χ1v) is 11.5. The average molecular weight is 497 g/mol. The van der Waals surface area contributed by atoms with Crippen LogP contribution in [0.25, 0.3) is 0 Å². The molecule has 9 nitrogen and oxygen atoms in total. The third-order valence-corrected chi connectivity index (χ3v) is 5.79. The number of likely N-dealkylation sites (N-methyl/N-ethyl adjacent to an activating group) is 1. The standard InChI is InChI=1S/C21H25F3N7O2S/c1-3-25-17-13(2)29-12-30-18(17)31-8-9-34-16(11-31)20(33)27-7-6-26-19(32)15-5-4-14(10-28-15)21(22,23)24/h4-5,10-12,25,29H,3,6-9H2,1-2H3,(H,26,32)(H,27,33). The van der Waals surface area contributed by atoms with Gasteiger partial charge in [-0.1, -0.05) is 0 Å². The van der Waals surface area contributed by atoms with Crippen LogP contribution in [0.15, 0.2) is 45.8 Å². The van der Waals surface area contributed by atoms with Gasteiger partial charge in [0.05, 0.1) is 16.2 Å². The van der Waals surface area contributed by atoms with Crippen LogP contribution in [0.5, 0.6) is 0 Å². The summed E-state index contributed by atoms with van der Waals surface area (Å²) in [4.78, 5) is 35.1. The van der Waals surface area contributed by atoms with Crippen LogP contribution in [0.3, 0.4) is 0 Å². The molecule has 0 unspecified atom stereocenters.